The SMILES string of the molecule is CO/C=C/C1(c2cc3ccccc3c3ccccc23)C=CC=CC1. The molecule has 0 aromatic heterocycles. The molecule has 1 aliphatic carbocycles. The fraction of sp³-hybridized carbons (Fsp3) is 0.130. The van der Waals surface area contributed by atoms with Crippen molar-refractivity contribution >= 4 is 21.5 Å². The summed E-state index contributed by atoms with van der Waals surface area (Å²) in [5, 5.41) is 5.19. The average molecular weight is 312 g/mol. The summed E-state index contributed by atoms with van der Waals surface area (Å²) < 4.78 is 5.25. The molecule has 3 aromatic rings. The summed E-state index contributed by atoms with van der Waals surface area (Å²) in [4.78, 5) is 0. The quantitative estimate of drug-likeness (QED) is 0.432. The molecule has 0 fully saturated rings. The molecule has 0 N–H and O–H groups in total. The van der Waals surface area contributed by atoms with Crippen molar-refractivity contribution in [3.63, 3.8) is 0 Å². The van der Waals surface area contributed by atoms with E-state index in [0.29, 0.717) is 0 Å². The molecule has 1 atom stereocenters. The fourth-order valence-electron chi connectivity index (χ4n) is 3.68. The molecule has 118 valence electrons. The highest BCUT2D eigenvalue weighted by Gasteiger charge is 2.29. The summed E-state index contributed by atoms with van der Waals surface area (Å²) in [7, 11) is 1.70. The van der Waals surface area contributed by atoms with E-state index in [2.05, 4.69) is 85.0 Å². The molecule has 1 heteroatoms. The van der Waals surface area contributed by atoms with E-state index in [1.165, 1.54) is 27.1 Å². The molecule has 0 amide bonds. The lowest BCUT2D eigenvalue weighted by atomic mass is 9.73. The Hall–Kier alpha value is -2.80. The van der Waals surface area contributed by atoms with Crippen LogP contribution in [0, 0.1) is 0 Å². The molecule has 0 aliphatic heterocycles. The number of methoxy groups -OCH3 is 1. The van der Waals surface area contributed by atoms with Crippen LogP contribution in [0.1, 0.15) is 12.0 Å². The molecule has 3 aromatic carbocycles. The Bertz CT molecular complexity index is 978. The normalized spacial score (nSPS) is 20.2. The fourth-order valence-corrected chi connectivity index (χ4v) is 3.68. The first kappa shape index (κ1) is 14.8. The second kappa shape index (κ2) is 6.01. The molecule has 0 radical (unpaired) electrons. The predicted molar refractivity (Wildman–Crippen MR) is 102 cm³/mol. The smallest absolute Gasteiger partial charge is 0.0796 e. The van der Waals surface area contributed by atoms with Gasteiger partial charge < -0.3 is 4.74 Å². The third kappa shape index (κ3) is 2.33. The van der Waals surface area contributed by atoms with Crippen LogP contribution in [0.3, 0.4) is 0 Å². The summed E-state index contributed by atoms with van der Waals surface area (Å²) in [6.07, 6.45) is 13.7. The Balaban J connectivity index is 2.08. The first-order valence-electron chi connectivity index (χ1n) is 8.30. The van der Waals surface area contributed by atoms with Crippen LogP contribution in [0.2, 0.25) is 0 Å². The van der Waals surface area contributed by atoms with Gasteiger partial charge in [-0.3, -0.25) is 0 Å². The van der Waals surface area contributed by atoms with Gasteiger partial charge in [0.1, 0.15) is 0 Å². The minimum Gasteiger partial charge on any atom is -0.505 e. The summed E-state index contributed by atoms with van der Waals surface area (Å²) in [5.41, 5.74) is 1.15. The van der Waals surface area contributed by atoms with Gasteiger partial charge in [0.25, 0.3) is 0 Å². The summed E-state index contributed by atoms with van der Waals surface area (Å²) in [6.45, 7) is 0. The van der Waals surface area contributed by atoms with Crippen molar-refractivity contribution in [3.8, 4) is 0 Å². The number of rotatable bonds is 3. The van der Waals surface area contributed by atoms with Crippen LogP contribution in [-0.4, -0.2) is 7.11 Å². The maximum atomic E-state index is 5.25. The van der Waals surface area contributed by atoms with Gasteiger partial charge in [-0.2, -0.15) is 0 Å². The predicted octanol–water partition coefficient (Wildman–Crippen LogP) is 5.91. The Kier molecular flexibility index (Phi) is 3.70. The van der Waals surface area contributed by atoms with Gasteiger partial charge in [-0.05, 0) is 45.7 Å². The zero-order valence-corrected chi connectivity index (χ0v) is 13.8. The highest BCUT2D eigenvalue weighted by molar-refractivity contribution is 6.09. The monoisotopic (exact) mass is 312 g/mol. The van der Waals surface area contributed by atoms with E-state index in [0.717, 1.165) is 6.42 Å². The van der Waals surface area contributed by atoms with Crippen molar-refractivity contribution in [1.82, 2.24) is 0 Å². The number of fused-ring (bicyclic) bond motifs is 3. The van der Waals surface area contributed by atoms with Crippen LogP contribution in [0.4, 0.5) is 0 Å². The van der Waals surface area contributed by atoms with Gasteiger partial charge >= 0.3 is 0 Å². The minimum atomic E-state index is -0.172. The Morgan fingerprint density at radius 1 is 0.917 bits per heavy atom. The molecule has 0 spiro atoms. The lowest BCUT2D eigenvalue weighted by molar-refractivity contribution is 0.333. The molecule has 0 heterocycles. The standard InChI is InChI=1S/C23H20O/c1-24-16-15-23(13-7-2-8-14-23)22-17-18-9-3-4-10-19(18)20-11-5-6-12-21(20)22/h2-13,15-17H,14H2,1H3/b16-15+. The van der Waals surface area contributed by atoms with Crippen LogP contribution >= 0.6 is 0 Å². The zero-order valence-electron chi connectivity index (χ0n) is 13.8. The van der Waals surface area contributed by atoms with E-state index < -0.39 is 0 Å². The van der Waals surface area contributed by atoms with Crippen molar-refractivity contribution < 1.29 is 4.74 Å². The first-order valence-corrected chi connectivity index (χ1v) is 8.30. The van der Waals surface area contributed by atoms with E-state index in [9.17, 15) is 0 Å². The molecular weight excluding hydrogens is 292 g/mol. The average Bonchev–Trinajstić information content (AvgIpc) is 2.66. The molecule has 0 saturated heterocycles. The van der Waals surface area contributed by atoms with E-state index >= 15 is 0 Å². The van der Waals surface area contributed by atoms with Crippen LogP contribution < -0.4 is 0 Å². The van der Waals surface area contributed by atoms with Crippen molar-refractivity contribution in [1.29, 1.82) is 0 Å². The summed E-state index contributed by atoms with van der Waals surface area (Å²) >= 11 is 0. The van der Waals surface area contributed by atoms with Gasteiger partial charge in [0.05, 0.1) is 13.4 Å². The number of hydrogen-bond donors (Lipinski definition) is 0. The molecule has 1 unspecified atom stereocenters. The van der Waals surface area contributed by atoms with Crippen molar-refractivity contribution in [2.75, 3.05) is 7.11 Å². The van der Waals surface area contributed by atoms with Crippen LogP contribution in [0.5, 0.6) is 0 Å². The van der Waals surface area contributed by atoms with E-state index in [-0.39, 0.29) is 5.41 Å². The van der Waals surface area contributed by atoms with Gasteiger partial charge in [-0.25, -0.2) is 0 Å². The van der Waals surface area contributed by atoms with E-state index in [1.807, 2.05) is 0 Å². The maximum Gasteiger partial charge on any atom is 0.0796 e. The molecule has 0 saturated carbocycles. The summed E-state index contributed by atoms with van der Waals surface area (Å²) in [5.74, 6) is 0. The van der Waals surface area contributed by atoms with Gasteiger partial charge in [0.2, 0.25) is 0 Å². The van der Waals surface area contributed by atoms with Gasteiger partial charge in [-0.1, -0.05) is 72.8 Å². The van der Waals surface area contributed by atoms with Crippen LogP contribution in [0.25, 0.3) is 21.5 Å². The van der Waals surface area contributed by atoms with Gasteiger partial charge in [-0.15, -0.1) is 0 Å². The topological polar surface area (TPSA) is 9.23 Å². The van der Waals surface area contributed by atoms with Gasteiger partial charge in [0, 0.05) is 5.41 Å². The maximum absolute atomic E-state index is 5.25. The van der Waals surface area contributed by atoms with E-state index in [1.54, 1.807) is 13.4 Å². The largest absolute Gasteiger partial charge is 0.505 e. The molecule has 1 aliphatic rings. The summed E-state index contributed by atoms with van der Waals surface area (Å²) in [6, 6.07) is 19.6. The third-order valence-corrected chi connectivity index (χ3v) is 4.87. The highest BCUT2D eigenvalue weighted by Crippen LogP contribution is 2.41. The Labute approximate surface area is 142 Å². The molecule has 1 nitrogen and oxygen atoms in total. The highest BCUT2D eigenvalue weighted by atomic mass is 16.5. The molecule has 24 heavy (non-hydrogen) atoms. The van der Waals surface area contributed by atoms with E-state index in [4.69, 9.17) is 4.74 Å². The van der Waals surface area contributed by atoms with Crippen molar-refractivity contribution in [2.45, 2.75) is 11.8 Å². The van der Waals surface area contributed by atoms with Gasteiger partial charge in [0.15, 0.2) is 0 Å². The number of allylic oxidation sites excluding steroid dienone is 5. The van der Waals surface area contributed by atoms with Crippen molar-refractivity contribution in [2.24, 2.45) is 0 Å². The Morgan fingerprint density at radius 3 is 2.42 bits per heavy atom. The van der Waals surface area contributed by atoms with Crippen LogP contribution in [-0.2, 0) is 10.2 Å². The molecular formula is C23H20O. The number of benzene rings is 3. The first-order chi connectivity index (χ1) is 11.8. The third-order valence-electron chi connectivity index (χ3n) is 4.87. The second-order valence-electron chi connectivity index (χ2n) is 6.26. The van der Waals surface area contributed by atoms with Crippen LogP contribution in [0.15, 0.2) is 91.2 Å². The molecule has 4 rings (SSSR count). The van der Waals surface area contributed by atoms with Crippen molar-refractivity contribution in [3.05, 3.63) is 96.8 Å². The lowest BCUT2D eigenvalue weighted by Crippen LogP contribution is -2.22. The minimum absolute atomic E-state index is 0.172. The number of hydrogen-bond acceptors (Lipinski definition) is 1. The zero-order chi connectivity index (χ0) is 16.4. The Morgan fingerprint density at radius 2 is 1.67 bits per heavy atom. The number of ether oxygens (including phenoxy) is 1. The molecule has 0 bridgehead atoms. The lowest BCUT2D eigenvalue weighted by Gasteiger charge is -2.30. The second-order valence-corrected chi connectivity index (χ2v) is 6.26.